The highest BCUT2D eigenvalue weighted by Crippen LogP contribution is 2.24. The molecule has 1 aliphatic heterocycles. The monoisotopic (exact) mass is 422 g/mol. The van der Waals surface area contributed by atoms with Gasteiger partial charge in [0.2, 0.25) is 21.8 Å². The van der Waals surface area contributed by atoms with Crippen molar-refractivity contribution in [2.75, 3.05) is 18.4 Å². The fraction of sp³-hybridized carbons (Fsp3) is 0.389. The largest absolute Gasteiger partial charge is 0.344 e. The number of piperidine rings is 1. The molecule has 0 bridgehead atoms. The van der Waals surface area contributed by atoms with Crippen molar-refractivity contribution in [3.63, 3.8) is 0 Å². The van der Waals surface area contributed by atoms with Gasteiger partial charge in [-0.05, 0) is 31.9 Å². The van der Waals surface area contributed by atoms with Gasteiger partial charge in [-0.1, -0.05) is 18.2 Å². The van der Waals surface area contributed by atoms with E-state index in [1.807, 2.05) is 0 Å². The molecule has 0 saturated carbocycles. The van der Waals surface area contributed by atoms with Crippen molar-refractivity contribution in [1.82, 2.24) is 14.6 Å². The summed E-state index contributed by atoms with van der Waals surface area (Å²) in [6.45, 7) is 2.15. The molecule has 0 radical (unpaired) electrons. The van der Waals surface area contributed by atoms with Crippen molar-refractivity contribution < 1.29 is 18.0 Å². The van der Waals surface area contributed by atoms with Crippen LogP contribution in [0.4, 0.5) is 5.13 Å². The fourth-order valence-electron chi connectivity index (χ4n) is 3.00. The van der Waals surface area contributed by atoms with Gasteiger partial charge < -0.3 is 10.6 Å². The number of carbonyl (C=O) groups excluding carboxylic acids is 2. The van der Waals surface area contributed by atoms with Crippen LogP contribution in [-0.2, 0) is 19.6 Å². The molecular weight excluding hydrogens is 400 g/mol. The Morgan fingerprint density at radius 3 is 2.50 bits per heavy atom. The van der Waals surface area contributed by atoms with Gasteiger partial charge in [0.1, 0.15) is 6.04 Å². The maximum Gasteiger partial charge on any atom is 0.248 e. The van der Waals surface area contributed by atoms with E-state index in [4.69, 9.17) is 0 Å². The average Bonchev–Trinajstić information content (AvgIpc) is 3.21. The van der Waals surface area contributed by atoms with E-state index in [0.717, 1.165) is 0 Å². The van der Waals surface area contributed by atoms with E-state index in [1.165, 1.54) is 15.6 Å². The van der Waals surface area contributed by atoms with Gasteiger partial charge in [0, 0.05) is 30.6 Å². The Bertz CT molecular complexity index is 908. The van der Waals surface area contributed by atoms with Crippen LogP contribution in [-0.4, -0.2) is 48.7 Å². The van der Waals surface area contributed by atoms with Gasteiger partial charge in [-0.3, -0.25) is 9.59 Å². The molecular formula is C18H22N4O4S2. The number of carbonyl (C=O) groups is 2. The van der Waals surface area contributed by atoms with Crippen molar-refractivity contribution in [2.24, 2.45) is 5.92 Å². The minimum absolute atomic E-state index is 0.237. The lowest BCUT2D eigenvalue weighted by molar-refractivity contribution is -0.129. The highest BCUT2D eigenvalue weighted by molar-refractivity contribution is 7.89. The molecule has 2 heterocycles. The van der Waals surface area contributed by atoms with Crippen molar-refractivity contribution in [3.8, 4) is 0 Å². The van der Waals surface area contributed by atoms with Gasteiger partial charge in [0.05, 0.1) is 4.90 Å². The quantitative estimate of drug-likeness (QED) is 0.736. The van der Waals surface area contributed by atoms with E-state index in [9.17, 15) is 18.0 Å². The average molecular weight is 423 g/mol. The van der Waals surface area contributed by atoms with Crippen molar-refractivity contribution in [2.45, 2.75) is 30.7 Å². The third-order valence-corrected chi connectivity index (χ3v) is 7.22. The zero-order valence-electron chi connectivity index (χ0n) is 15.4. The minimum atomic E-state index is -3.54. The molecule has 0 aliphatic carbocycles. The zero-order chi connectivity index (χ0) is 20.1. The predicted molar refractivity (Wildman–Crippen MR) is 106 cm³/mol. The molecule has 1 aliphatic rings. The Kier molecular flexibility index (Phi) is 6.42. The Labute approximate surface area is 168 Å². The van der Waals surface area contributed by atoms with Crippen LogP contribution in [0.15, 0.2) is 46.8 Å². The Morgan fingerprint density at radius 1 is 1.21 bits per heavy atom. The van der Waals surface area contributed by atoms with E-state index >= 15 is 0 Å². The highest BCUT2D eigenvalue weighted by atomic mass is 32.2. The summed E-state index contributed by atoms with van der Waals surface area (Å²) in [6, 6.07) is 7.56. The second kappa shape index (κ2) is 8.80. The molecule has 1 aromatic carbocycles. The first-order valence-electron chi connectivity index (χ1n) is 8.94. The third kappa shape index (κ3) is 4.75. The molecule has 0 spiro atoms. The minimum Gasteiger partial charge on any atom is -0.344 e. The summed E-state index contributed by atoms with van der Waals surface area (Å²) in [6.07, 6.45) is 2.41. The third-order valence-electron chi connectivity index (χ3n) is 4.62. The molecule has 150 valence electrons. The Hall–Kier alpha value is -2.30. The molecule has 2 N–H and O–H groups in total. The summed E-state index contributed by atoms with van der Waals surface area (Å²) < 4.78 is 26.7. The normalized spacial score (nSPS) is 17.0. The van der Waals surface area contributed by atoms with E-state index in [-0.39, 0.29) is 35.7 Å². The molecule has 2 aromatic rings. The van der Waals surface area contributed by atoms with Gasteiger partial charge in [0.25, 0.3) is 0 Å². The lowest BCUT2D eigenvalue weighted by atomic mass is 9.97. The maximum absolute atomic E-state index is 12.6. The fourth-order valence-corrected chi connectivity index (χ4v) is 5.02. The second-order valence-electron chi connectivity index (χ2n) is 6.55. The molecule has 1 fully saturated rings. The van der Waals surface area contributed by atoms with Crippen LogP contribution in [0, 0.1) is 5.92 Å². The van der Waals surface area contributed by atoms with E-state index in [0.29, 0.717) is 18.0 Å². The number of nitrogens with one attached hydrogen (secondary N) is 2. The number of hydrogen-bond acceptors (Lipinski definition) is 6. The van der Waals surface area contributed by atoms with Gasteiger partial charge >= 0.3 is 0 Å². The molecule has 1 atom stereocenters. The zero-order valence-corrected chi connectivity index (χ0v) is 17.0. The van der Waals surface area contributed by atoms with Crippen LogP contribution in [0.2, 0.25) is 0 Å². The van der Waals surface area contributed by atoms with E-state index in [2.05, 4.69) is 15.6 Å². The topological polar surface area (TPSA) is 108 Å². The lowest BCUT2D eigenvalue weighted by Gasteiger charge is -2.31. The van der Waals surface area contributed by atoms with Gasteiger partial charge in [0.15, 0.2) is 5.13 Å². The van der Waals surface area contributed by atoms with Crippen LogP contribution >= 0.6 is 11.3 Å². The summed E-state index contributed by atoms with van der Waals surface area (Å²) in [4.78, 5) is 28.8. The first-order valence-corrected chi connectivity index (χ1v) is 11.3. The maximum atomic E-state index is 12.6. The lowest BCUT2D eigenvalue weighted by Crippen LogP contribution is -2.47. The van der Waals surface area contributed by atoms with Gasteiger partial charge in [-0.2, -0.15) is 4.31 Å². The predicted octanol–water partition coefficient (Wildman–Crippen LogP) is 1.69. The van der Waals surface area contributed by atoms with Crippen molar-refractivity contribution in [1.29, 1.82) is 0 Å². The Balaban J connectivity index is 1.51. The molecule has 1 aromatic heterocycles. The number of rotatable bonds is 6. The summed E-state index contributed by atoms with van der Waals surface area (Å²) >= 11 is 1.30. The van der Waals surface area contributed by atoms with Crippen LogP contribution in [0.3, 0.4) is 0 Å². The molecule has 10 heteroatoms. The number of amides is 2. The van der Waals surface area contributed by atoms with Crippen LogP contribution in [0.5, 0.6) is 0 Å². The summed E-state index contributed by atoms with van der Waals surface area (Å²) in [5.41, 5.74) is 0. The Morgan fingerprint density at radius 2 is 1.89 bits per heavy atom. The number of thiazole rings is 1. The van der Waals surface area contributed by atoms with Crippen LogP contribution < -0.4 is 10.6 Å². The molecule has 28 heavy (non-hydrogen) atoms. The van der Waals surface area contributed by atoms with E-state index < -0.39 is 16.1 Å². The van der Waals surface area contributed by atoms with E-state index in [1.54, 1.807) is 48.8 Å². The molecule has 1 unspecified atom stereocenters. The van der Waals surface area contributed by atoms with Crippen LogP contribution in [0.1, 0.15) is 19.8 Å². The SMILES string of the molecule is CC(NC(=O)C1CCN(S(=O)(=O)c2ccccc2)CC1)C(=O)Nc1nccs1. The number of aromatic nitrogens is 1. The van der Waals surface area contributed by atoms with Crippen molar-refractivity contribution >= 4 is 38.3 Å². The first kappa shape index (κ1) is 20.4. The van der Waals surface area contributed by atoms with Crippen LogP contribution in [0.25, 0.3) is 0 Å². The summed E-state index contributed by atoms with van der Waals surface area (Å²) in [7, 11) is -3.54. The molecule has 8 nitrogen and oxygen atoms in total. The molecule has 1 saturated heterocycles. The van der Waals surface area contributed by atoms with Gasteiger partial charge in [-0.15, -0.1) is 11.3 Å². The summed E-state index contributed by atoms with van der Waals surface area (Å²) in [5.74, 6) is -0.900. The summed E-state index contributed by atoms with van der Waals surface area (Å²) in [5, 5.41) is 7.57. The standard InChI is InChI=1S/C18H22N4O4S2/c1-13(16(23)21-18-19-9-12-27-18)20-17(24)14-7-10-22(11-8-14)28(25,26)15-5-3-2-4-6-15/h2-6,9,12-14H,7-8,10-11H2,1H3,(H,20,24)(H,19,21,23). The van der Waals surface area contributed by atoms with Crippen molar-refractivity contribution in [3.05, 3.63) is 41.9 Å². The second-order valence-corrected chi connectivity index (χ2v) is 9.38. The number of sulfonamides is 1. The number of anilines is 1. The smallest absolute Gasteiger partial charge is 0.248 e. The van der Waals surface area contributed by atoms with Gasteiger partial charge in [-0.25, -0.2) is 13.4 Å². The number of nitrogens with zero attached hydrogens (tertiary/aromatic N) is 2. The molecule has 3 rings (SSSR count). The first-order chi connectivity index (χ1) is 13.4. The molecule has 2 amide bonds. The highest BCUT2D eigenvalue weighted by Gasteiger charge is 2.32. The number of benzene rings is 1. The number of hydrogen-bond donors (Lipinski definition) is 2.